The standard InChI is InChI=1S/C23H31ClN6O3/c1-23(17-29-15-21(30(31)32)25-22(29)33-23)16-27-10-12-28(13-11-27)20-6-8-26(9-7-20)14-18-2-4-19(24)5-3-18/h2-5,15,20H,6-14,16-17H2,1H3. The quantitative estimate of drug-likeness (QED) is 0.470. The first-order valence-corrected chi connectivity index (χ1v) is 12.1. The molecule has 2 fully saturated rings. The van der Waals surface area contributed by atoms with Gasteiger partial charge in [-0.25, -0.2) is 0 Å². The molecule has 1 unspecified atom stereocenters. The highest BCUT2D eigenvalue weighted by Gasteiger charge is 2.42. The molecule has 178 valence electrons. The summed E-state index contributed by atoms with van der Waals surface area (Å²) < 4.78 is 7.77. The summed E-state index contributed by atoms with van der Waals surface area (Å²) >= 11 is 6.00. The normalized spacial score (nSPS) is 25.2. The van der Waals surface area contributed by atoms with E-state index in [0.29, 0.717) is 18.6 Å². The van der Waals surface area contributed by atoms with Gasteiger partial charge in [0, 0.05) is 55.3 Å². The molecule has 9 nitrogen and oxygen atoms in total. The second-order valence-corrected chi connectivity index (χ2v) is 10.2. The molecule has 1 aromatic carbocycles. The predicted molar refractivity (Wildman–Crippen MR) is 126 cm³/mol. The van der Waals surface area contributed by atoms with Gasteiger partial charge in [0.25, 0.3) is 0 Å². The number of fused-ring (bicyclic) bond motifs is 1. The van der Waals surface area contributed by atoms with E-state index in [-0.39, 0.29) is 5.82 Å². The van der Waals surface area contributed by atoms with Crippen molar-refractivity contribution < 1.29 is 9.66 Å². The maximum Gasteiger partial charge on any atom is 0.415 e. The van der Waals surface area contributed by atoms with E-state index in [9.17, 15) is 10.1 Å². The Bertz CT molecular complexity index is 957. The first kappa shape index (κ1) is 22.6. The van der Waals surface area contributed by atoms with Crippen molar-refractivity contribution in [1.29, 1.82) is 0 Å². The molecule has 3 aliphatic heterocycles. The number of hydrogen-bond acceptors (Lipinski definition) is 7. The summed E-state index contributed by atoms with van der Waals surface area (Å²) in [6, 6.07) is 9.20. The van der Waals surface area contributed by atoms with Crippen LogP contribution >= 0.6 is 11.6 Å². The Morgan fingerprint density at radius 3 is 2.45 bits per heavy atom. The third-order valence-corrected chi connectivity index (χ3v) is 7.37. The van der Waals surface area contributed by atoms with Crippen LogP contribution < -0.4 is 4.74 Å². The van der Waals surface area contributed by atoms with Gasteiger partial charge in [-0.3, -0.25) is 19.3 Å². The van der Waals surface area contributed by atoms with Crippen molar-refractivity contribution >= 4 is 17.4 Å². The van der Waals surface area contributed by atoms with Crippen molar-refractivity contribution in [2.24, 2.45) is 0 Å². The van der Waals surface area contributed by atoms with Gasteiger partial charge in [-0.15, -0.1) is 0 Å². The van der Waals surface area contributed by atoms with Crippen LogP contribution in [-0.2, 0) is 13.1 Å². The molecular weight excluding hydrogens is 444 g/mol. The zero-order chi connectivity index (χ0) is 23.0. The summed E-state index contributed by atoms with van der Waals surface area (Å²) in [5.41, 5.74) is 0.928. The summed E-state index contributed by atoms with van der Waals surface area (Å²) in [4.78, 5) is 22.1. The van der Waals surface area contributed by atoms with E-state index < -0.39 is 10.5 Å². The van der Waals surface area contributed by atoms with Crippen molar-refractivity contribution in [3.05, 3.63) is 51.2 Å². The molecule has 0 bridgehead atoms. The molecule has 10 heteroatoms. The first-order chi connectivity index (χ1) is 15.9. The van der Waals surface area contributed by atoms with Crippen molar-refractivity contribution in [2.45, 2.75) is 44.5 Å². The van der Waals surface area contributed by atoms with Crippen LogP contribution in [0.15, 0.2) is 30.5 Å². The Hall–Kier alpha value is -2.20. The van der Waals surface area contributed by atoms with Crippen LogP contribution in [0, 0.1) is 10.1 Å². The topological polar surface area (TPSA) is 79.9 Å². The van der Waals surface area contributed by atoms with Crippen LogP contribution in [0.5, 0.6) is 6.01 Å². The molecule has 0 saturated carbocycles. The van der Waals surface area contributed by atoms with Gasteiger partial charge in [0.05, 0.1) is 6.54 Å². The largest absolute Gasteiger partial charge is 0.436 e. The minimum atomic E-state index is -0.479. The number of hydrogen-bond donors (Lipinski definition) is 0. The van der Waals surface area contributed by atoms with Gasteiger partial charge in [0.2, 0.25) is 0 Å². The lowest BCUT2D eigenvalue weighted by Gasteiger charge is -2.43. The molecule has 5 rings (SSSR count). The SMILES string of the molecule is CC1(CN2CCN(C3CCN(Cc4ccc(Cl)cc4)CC3)CC2)Cn2cc([N+](=O)[O-])nc2O1. The van der Waals surface area contributed by atoms with Crippen molar-refractivity contribution in [3.8, 4) is 6.01 Å². The number of aromatic nitrogens is 2. The zero-order valence-electron chi connectivity index (χ0n) is 19.0. The predicted octanol–water partition coefficient (Wildman–Crippen LogP) is 2.88. The molecule has 0 N–H and O–H groups in total. The van der Waals surface area contributed by atoms with Gasteiger partial charge < -0.3 is 14.9 Å². The fourth-order valence-electron chi connectivity index (χ4n) is 5.41. The Morgan fingerprint density at radius 2 is 1.82 bits per heavy atom. The fourth-order valence-corrected chi connectivity index (χ4v) is 5.54. The summed E-state index contributed by atoms with van der Waals surface area (Å²) in [7, 11) is 0. The van der Waals surface area contributed by atoms with Crippen molar-refractivity contribution in [3.63, 3.8) is 0 Å². The molecule has 1 aromatic heterocycles. The van der Waals surface area contributed by atoms with E-state index in [1.54, 1.807) is 4.57 Å². The van der Waals surface area contributed by atoms with Crippen LogP contribution in [0.4, 0.5) is 5.82 Å². The zero-order valence-corrected chi connectivity index (χ0v) is 19.8. The summed E-state index contributed by atoms with van der Waals surface area (Å²) in [5.74, 6) is -0.153. The van der Waals surface area contributed by atoms with Crippen LogP contribution in [0.3, 0.4) is 0 Å². The van der Waals surface area contributed by atoms with Crippen LogP contribution in [-0.4, -0.2) is 86.6 Å². The number of nitrogens with zero attached hydrogens (tertiary/aromatic N) is 6. The Kier molecular flexibility index (Phi) is 6.30. The minimum absolute atomic E-state index is 0.153. The molecule has 1 atom stereocenters. The van der Waals surface area contributed by atoms with E-state index in [1.165, 1.54) is 24.6 Å². The number of likely N-dealkylation sites (tertiary alicyclic amines) is 1. The molecule has 3 aliphatic rings. The van der Waals surface area contributed by atoms with E-state index >= 15 is 0 Å². The molecule has 0 amide bonds. The molecular formula is C23H31ClN6O3. The van der Waals surface area contributed by atoms with E-state index in [0.717, 1.165) is 57.4 Å². The lowest BCUT2D eigenvalue weighted by molar-refractivity contribution is -0.389. The maximum atomic E-state index is 10.9. The number of piperazine rings is 1. The van der Waals surface area contributed by atoms with Crippen LogP contribution in [0.25, 0.3) is 0 Å². The Morgan fingerprint density at radius 1 is 1.12 bits per heavy atom. The molecule has 2 saturated heterocycles. The number of piperidine rings is 1. The number of nitro groups is 1. The molecule has 0 aliphatic carbocycles. The lowest BCUT2D eigenvalue weighted by atomic mass is 10.0. The molecule has 0 spiro atoms. The number of ether oxygens (including phenoxy) is 1. The van der Waals surface area contributed by atoms with E-state index in [1.807, 2.05) is 12.1 Å². The Balaban J connectivity index is 1.05. The highest BCUT2D eigenvalue weighted by atomic mass is 35.5. The maximum absolute atomic E-state index is 10.9. The smallest absolute Gasteiger partial charge is 0.415 e. The summed E-state index contributed by atoms with van der Waals surface area (Å²) in [5, 5.41) is 11.7. The average Bonchev–Trinajstić information content (AvgIpc) is 3.32. The number of benzene rings is 1. The number of halogens is 1. The second kappa shape index (κ2) is 9.21. The van der Waals surface area contributed by atoms with E-state index in [4.69, 9.17) is 16.3 Å². The third-order valence-electron chi connectivity index (χ3n) is 7.11. The van der Waals surface area contributed by atoms with E-state index in [2.05, 4.69) is 38.7 Å². The molecule has 4 heterocycles. The summed E-state index contributed by atoms with van der Waals surface area (Å²) in [6.45, 7) is 10.9. The Labute approximate surface area is 199 Å². The fraction of sp³-hybridized carbons (Fsp3) is 0.609. The molecule has 2 aromatic rings. The van der Waals surface area contributed by atoms with Crippen molar-refractivity contribution in [1.82, 2.24) is 24.3 Å². The van der Waals surface area contributed by atoms with Gasteiger partial charge in [0.15, 0.2) is 0 Å². The average molecular weight is 475 g/mol. The molecule has 0 radical (unpaired) electrons. The van der Waals surface area contributed by atoms with Crippen LogP contribution in [0.2, 0.25) is 5.02 Å². The van der Waals surface area contributed by atoms with Gasteiger partial charge in [-0.2, -0.15) is 0 Å². The molecule has 33 heavy (non-hydrogen) atoms. The van der Waals surface area contributed by atoms with Crippen LogP contribution in [0.1, 0.15) is 25.3 Å². The van der Waals surface area contributed by atoms with Gasteiger partial charge in [-0.1, -0.05) is 23.7 Å². The lowest BCUT2D eigenvalue weighted by Crippen LogP contribution is -2.56. The van der Waals surface area contributed by atoms with Crippen molar-refractivity contribution in [2.75, 3.05) is 45.8 Å². The highest BCUT2D eigenvalue weighted by Crippen LogP contribution is 2.32. The number of imidazole rings is 1. The summed E-state index contributed by atoms with van der Waals surface area (Å²) in [6.07, 6.45) is 3.90. The monoisotopic (exact) mass is 474 g/mol. The van der Waals surface area contributed by atoms with Gasteiger partial charge in [0.1, 0.15) is 11.8 Å². The third kappa shape index (κ3) is 5.16. The minimum Gasteiger partial charge on any atom is -0.436 e. The number of rotatable bonds is 6. The van der Waals surface area contributed by atoms with Gasteiger partial charge in [-0.05, 0) is 55.5 Å². The highest BCUT2D eigenvalue weighted by molar-refractivity contribution is 6.30. The first-order valence-electron chi connectivity index (χ1n) is 11.7. The second-order valence-electron chi connectivity index (χ2n) is 9.76. The van der Waals surface area contributed by atoms with Gasteiger partial charge >= 0.3 is 11.8 Å².